The van der Waals surface area contributed by atoms with Gasteiger partial charge in [0.1, 0.15) is 0 Å². The van der Waals surface area contributed by atoms with Crippen LogP contribution in [0.1, 0.15) is 53.4 Å². The van der Waals surface area contributed by atoms with Gasteiger partial charge in [-0.15, -0.1) is 0 Å². The van der Waals surface area contributed by atoms with E-state index in [0.29, 0.717) is 0 Å². The van der Waals surface area contributed by atoms with Crippen molar-refractivity contribution in [2.45, 2.75) is 48.5 Å². The first kappa shape index (κ1) is 14.7. The van der Waals surface area contributed by atoms with Gasteiger partial charge in [-0.1, -0.05) is 20.8 Å². The first-order valence-corrected chi connectivity index (χ1v) is 6.97. The first-order chi connectivity index (χ1) is 7.59. The number of halogens is 1. The lowest BCUT2D eigenvalue weighted by atomic mass is 9.82. The number of carbonyl (C=O) groups excluding carboxylic acids is 1. The van der Waals surface area contributed by atoms with Gasteiger partial charge in [0.2, 0.25) is 0 Å². The largest absolute Gasteiger partial charge is 0.294 e. The molecule has 0 aliphatic rings. The molecule has 0 aliphatic carbocycles. The van der Waals surface area contributed by atoms with E-state index in [0.717, 1.165) is 14.7 Å². The molecule has 0 saturated carbocycles. The molecule has 0 amide bonds. The van der Waals surface area contributed by atoms with E-state index < -0.39 is 0 Å². The molecule has 0 bridgehead atoms. The summed E-state index contributed by atoms with van der Waals surface area (Å²) in [5.74, 6) is 0.241. The number of carbonyl (C=O) groups is 1. The molecule has 0 radical (unpaired) electrons. The van der Waals surface area contributed by atoms with Gasteiger partial charge in [0.05, 0.1) is 0 Å². The summed E-state index contributed by atoms with van der Waals surface area (Å²) in [5, 5.41) is 0. The molecule has 0 aliphatic heterocycles. The molecule has 0 saturated heterocycles. The summed E-state index contributed by atoms with van der Waals surface area (Å²) in [5.41, 5.74) is 5.52. The van der Waals surface area contributed by atoms with E-state index in [4.69, 9.17) is 0 Å². The number of rotatable bonds is 1. The van der Waals surface area contributed by atoms with Crippen LogP contribution >= 0.6 is 22.6 Å². The number of Topliss-reactive ketones (excluding diaryl/α,β-unsaturated/α-hetero) is 1. The lowest BCUT2D eigenvalue weighted by Crippen LogP contribution is -2.23. The number of hydrogen-bond donors (Lipinski definition) is 0. The maximum atomic E-state index is 12.5. The second-order valence-corrected chi connectivity index (χ2v) is 6.85. The highest BCUT2D eigenvalue weighted by molar-refractivity contribution is 14.1. The molecule has 17 heavy (non-hydrogen) atoms. The van der Waals surface area contributed by atoms with E-state index in [1.165, 1.54) is 16.7 Å². The molecule has 94 valence electrons. The molecule has 0 spiro atoms. The second kappa shape index (κ2) is 4.71. The van der Waals surface area contributed by atoms with Crippen molar-refractivity contribution in [1.29, 1.82) is 0 Å². The van der Waals surface area contributed by atoms with Crippen LogP contribution in [0.2, 0.25) is 0 Å². The van der Waals surface area contributed by atoms with E-state index >= 15 is 0 Å². The Morgan fingerprint density at radius 3 is 1.71 bits per heavy atom. The molecule has 0 fully saturated rings. The zero-order chi connectivity index (χ0) is 13.5. The summed E-state index contributed by atoms with van der Waals surface area (Å²) in [6.45, 7) is 14.3. The van der Waals surface area contributed by atoms with Crippen molar-refractivity contribution in [1.82, 2.24) is 0 Å². The predicted octanol–water partition coefficient (Wildman–Crippen LogP) is 4.75. The Kier molecular flexibility index (Phi) is 4.07. The third-order valence-corrected chi connectivity index (χ3v) is 4.87. The Morgan fingerprint density at radius 1 is 0.882 bits per heavy atom. The standard InChI is InChI=1S/C15H21IO/c1-8-9(2)11(4)13(16)12(10(8)3)14(17)15(5,6)7/h1-7H3. The molecule has 0 aromatic heterocycles. The van der Waals surface area contributed by atoms with Crippen LogP contribution in [0.3, 0.4) is 0 Å². The summed E-state index contributed by atoms with van der Waals surface area (Å²) in [6.07, 6.45) is 0. The third-order valence-electron chi connectivity index (χ3n) is 3.52. The van der Waals surface area contributed by atoms with Crippen LogP contribution in [-0.2, 0) is 0 Å². The van der Waals surface area contributed by atoms with Gasteiger partial charge in [0.15, 0.2) is 5.78 Å². The van der Waals surface area contributed by atoms with Gasteiger partial charge < -0.3 is 0 Å². The van der Waals surface area contributed by atoms with E-state index in [1.807, 2.05) is 20.8 Å². The Bertz CT molecular complexity index is 450. The molecule has 0 atom stereocenters. The Hall–Kier alpha value is -0.380. The minimum atomic E-state index is -0.321. The van der Waals surface area contributed by atoms with Crippen LogP contribution in [0.4, 0.5) is 0 Å². The van der Waals surface area contributed by atoms with Gasteiger partial charge in [-0.2, -0.15) is 0 Å². The minimum Gasteiger partial charge on any atom is -0.294 e. The molecule has 0 heterocycles. The lowest BCUT2D eigenvalue weighted by Gasteiger charge is -2.22. The number of hydrogen-bond acceptors (Lipinski definition) is 1. The van der Waals surface area contributed by atoms with Crippen molar-refractivity contribution in [2.75, 3.05) is 0 Å². The summed E-state index contributed by atoms with van der Waals surface area (Å²) < 4.78 is 1.11. The SMILES string of the molecule is Cc1c(C)c(C)c(C(=O)C(C)(C)C)c(I)c1C. The van der Waals surface area contributed by atoms with E-state index in [1.54, 1.807) is 0 Å². The molecule has 1 rings (SSSR count). The third kappa shape index (κ3) is 2.56. The molecule has 2 heteroatoms. The van der Waals surface area contributed by atoms with Crippen LogP contribution in [0, 0.1) is 36.7 Å². The normalized spacial score (nSPS) is 11.8. The highest BCUT2D eigenvalue weighted by atomic mass is 127. The Balaban J connectivity index is 3.62. The second-order valence-electron chi connectivity index (χ2n) is 5.77. The van der Waals surface area contributed by atoms with Crippen molar-refractivity contribution < 1.29 is 4.79 Å². The van der Waals surface area contributed by atoms with Crippen molar-refractivity contribution in [3.05, 3.63) is 31.4 Å². The van der Waals surface area contributed by atoms with Crippen LogP contribution in [-0.4, -0.2) is 5.78 Å². The fourth-order valence-corrected chi connectivity index (χ4v) is 2.97. The summed E-state index contributed by atoms with van der Waals surface area (Å²) in [4.78, 5) is 12.5. The molecular weight excluding hydrogens is 323 g/mol. The number of benzene rings is 1. The van der Waals surface area contributed by atoms with Gasteiger partial charge in [-0.25, -0.2) is 0 Å². The summed E-state index contributed by atoms with van der Waals surface area (Å²) in [6, 6.07) is 0. The van der Waals surface area contributed by atoms with Crippen molar-refractivity contribution in [3.63, 3.8) is 0 Å². The topological polar surface area (TPSA) is 17.1 Å². The zero-order valence-electron chi connectivity index (χ0n) is 11.8. The highest BCUT2D eigenvalue weighted by Gasteiger charge is 2.28. The average Bonchev–Trinajstić information content (AvgIpc) is 2.22. The van der Waals surface area contributed by atoms with Crippen molar-refractivity contribution in [3.8, 4) is 0 Å². The fraction of sp³-hybridized carbons (Fsp3) is 0.533. The molecule has 0 unspecified atom stereocenters. The van der Waals surface area contributed by atoms with Crippen LogP contribution in [0.25, 0.3) is 0 Å². The van der Waals surface area contributed by atoms with Crippen molar-refractivity contribution in [2.24, 2.45) is 5.41 Å². The quantitative estimate of drug-likeness (QED) is 0.531. The summed E-state index contributed by atoms with van der Waals surface area (Å²) >= 11 is 2.31. The molecular formula is C15H21IO. The van der Waals surface area contributed by atoms with E-state index in [9.17, 15) is 4.79 Å². The first-order valence-electron chi connectivity index (χ1n) is 5.89. The number of ketones is 1. The van der Waals surface area contributed by atoms with E-state index in [-0.39, 0.29) is 11.2 Å². The Labute approximate surface area is 118 Å². The predicted molar refractivity (Wildman–Crippen MR) is 81.9 cm³/mol. The maximum absolute atomic E-state index is 12.5. The zero-order valence-corrected chi connectivity index (χ0v) is 13.9. The van der Waals surface area contributed by atoms with E-state index in [2.05, 4.69) is 50.3 Å². The summed E-state index contributed by atoms with van der Waals surface area (Å²) in [7, 11) is 0. The van der Waals surface area contributed by atoms with Gasteiger partial charge in [-0.05, 0) is 72.5 Å². The fourth-order valence-electron chi connectivity index (χ4n) is 1.91. The average molecular weight is 344 g/mol. The van der Waals surface area contributed by atoms with Crippen LogP contribution in [0.15, 0.2) is 0 Å². The monoisotopic (exact) mass is 344 g/mol. The minimum absolute atomic E-state index is 0.241. The molecule has 1 aromatic carbocycles. The molecule has 1 nitrogen and oxygen atoms in total. The maximum Gasteiger partial charge on any atom is 0.169 e. The smallest absolute Gasteiger partial charge is 0.169 e. The van der Waals surface area contributed by atoms with Gasteiger partial charge in [-0.3, -0.25) is 4.79 Å². The van der Waals surface area contributed by atoms with Gasteiger partial charge >= 0.3 is 0 Å². The van der Waals surface area contributed by atoms with Crippen LogP contribution < -0.4 is 0 Å². The molecule has 0 N–H and O–H groups in total. The van der Waals surface area contributed by atoms with Crippen LogP contribution in [0.5, 0.6) is 0 Å². The highest BCUT2D eigenvalue weighted by Crippen LogP contribution is 2.32. The Morgan fingerprint density at radius 2 is 1.29 bits per heavy atom. The lowest BCUT2D eigenvalue weighted by molar-refractivity contribution is 0.0856. The van der Waals surface area contributed by atoms with Gasteiger partial charge in [0, 0.05) is 14.5 Å². The van der Waals surface area contributed by atoms with Crippen molar-refractivity contribution >= 4 is 28.4 Å². The van der Waals surface area contributed by atoms with Gasteiger partial charge in [0.25, 0.3) is 0 Å². The molecule has 1 aromatic rings.